The third-order valence-electron chi connectivity index (χ3n) is 0.959. The van der Waals surface area contributed by atoms with E-state index in [-0.39, 0.29) is 12.2 Å². The molecule has 0 saturated heterocycles. The van der Waals surface area contributed by atoms with E-state index in [1.165, 1.54) is 6.92 Å². The van der Waals surface area contributed by atoms with Gasteiger partial charge in [0.1, 0.15) is 0 Å². The van der Waals surface area contributed by atoms with Crippen LogP contribution in [0, 0.1) is 0 Å². The molecule has 0 rings (SSSR count). The van der Waals surface area contributed by atoms with E-state index in [0.29, 0.717) is 0 Å². The number of carbonyl (C=O) groups excluding carboxylic acids is 1. The van der Waals surface area contributed by atoms with E-state index in [4.69, 9.17) is 9.79 Å². The van der Waals surface area contributed by atoms with Crippen molar-refractivity contribution >= 4 is 13.8 Å². The van der Waals surface area contributed by atoms with Crippen molar-refractivity contribution in [2.24, 2.45) is 0 Å². The minimum atomic E-state index is -4.46. The van der Waals surface area contributed by atoms with Gasteiger partial charge in [0.2, 0.25) is 0 Å². The largest absolute Gasteiger partial charge is 0.469 e. The third kappa shape index (κ3) is 7.70. The summed E-state index contributed by atoms with van der Waals surface area (Å²) in [5, 5.41) is 0. The van der Waals surface area contributed by atoms with Gasteiger partial charge in [-0.25, -0.2) is 9.36 Å². The predicted molar refractivity (Wildman–Crippen MR) is 48.0 cm³/mol. The van der Waals surface area contributed by atoms with Crippen molar-refractivity contribution in [2.45, 2.75) is 6.92 Å². The summed E-state index contributed by atoms with van der Waals surface area (Å²) in [7, 11) is -4.46. The molecule has 0 amide bonds. The van der Waals surface area contributed by atoms with Gasteiger partial charge in [0, 0.05) is 5.57 Å². The van der Waals surface area contributed by atoms with E-state index in [2.05, 4.69) is 15.8 Å². The summed E-state index contributed by atoms with van der Waals surface area (Å²) >= 11 is 0. The molecule has 0 fully saturated rings. The summed E-state index contributed by atoms with van der Waals surface area (Å²) in [6.07, 6.45) is 2.13. The van der Waals surface area contributed by atoms with Crippen molar-refractivity contribution in [1.82, 2.24) is 0 Å². The minimum Gasteiger partial charge on any atom is -0.431 e. The SMILES string of the molecule is C=C(C)C(=O)OC=CCOP(=O)(O)O. The monoisotopic (exact) mass is 222 g/mol. The fourth-order valence-electron chi connectivity index (χ4n) is 0.390. The Bertz CT molecular complexity index is 289. The van der Waals surface area contributed by atoms with Gasteiger partial charge in [-0.3, -0.25) is 4.52 Å². The molecule has 0 bridgehead atoms. The highest BCUT2D eigenvalue weighted by Crippen LogP contribution is 2.35. The van der Waals surface area contributed by atoms with Gasteiger partial charge in [0.15, 0.2) is 0 Å². The molecule has 0 aliphatic heterocycles. The van der Waals surface area contributed by atoms with Crippen molar-refractivity contribution in [1.29, 1.82) is 0 Å². The van der Waals surface area contributed by atoms with E-state index in [9.17, 15) is 9.36 Å². The van der Waals surface area contributed by atoms with Gasteiger partial charge < -0.3 is 14.5 Å². The topological polar surface area (TPSA) is 93.1 Å². The number of hydrogen-bond acceptors (Lipinski definition) is 4. The lowest BCUT2D eigenvalue weighted by molar-refractivity contribution is -0.133. The highest BCUT2D eigenvalue weighted by molar-refractivity contribution is 7.46. The number of hydrogen-bond donors (Lipinski definition) is 2. The van der Waals surface area contributed by atoms with Crippen LogP contribution in [-0.4, -0.2) is 22.4 Å². The molecule has 14 heavy (non-hydrogen) atoms. The van der Waals surface area contributed by atoms with Crippen LogP contribution >= 0.6 is 7.82 Å². The molecule has 0 atom stereocenters. The van der Waals surface area contributed by atoms with Crippen LogP contribution in [0.25, 0.3) is 0 Å². The number of phosphoric acid groups is 1. The molecule has 0 spiro atoms. The lowest BCUT2D eigenvalue weighted by atomic mass is 10.4. The zero-order valence-corrected chi connectivity index (χ0v) is 8.44. The van der Waals surface area contributed by atoms with Gasteiger partial charge in [0.25, 0.3) is 0 Å². The Hall–Kier alpha value is -0.940. The average molecular weight is 222 g/mol. The van der Waals surface area contributed by atoms with Crippen molar-refractivity contribution in [2.75, 3.05) is 6.61 Å². The maximum atomic E-state index is 10.7. The summed E-state index contributed by atoms with van der Waals surface area (Å²) in [5.74, 6) is -0.613. The van der Waals surface area contributed by atoms with Crippen LogP contribution in [0.1, 0.15) is 6.92 Å². The standard InChI is InChI=1S/C7H11O6P/c1-6(2)7(8)12-4-3-5-13-14(9,10)11/h3-4H,1,5H2,2H3,(H2,9,10,11). The molecule has 2 N–H and O–H groups in total. The predicted octanol–water partition coefficient (Wildman–Crippen LogP) is 0.729. The second kappa shape index (κ2) is 5.72. The van der Waals surface area contributed by atoms with Gasteiger partial charge in [-0.05, 0) is 13.0 Å². The molecule has 0 aromatic heterocycles. The first kappa shape index (κ1) is 13.1. The molecule has 6 nitrogen and oxygen atoms in total. The Morgan fingerprint density at radius 3 is 2.57 bits per heavy atom. The molecule has 80 valence electrons. The number of ether oxygens (including phenoxy) is 1. The Kier molecular flexibility index (Phi) is 5.34. The van der Waals surface area contributed by atoms with E-state index in [1.807, 2.05) is 0 Å². The molecule has 0 aliphatic carbocycles. The molecular formula is C7H11O6P. The molecule has 0 radical (unpaired) electrons. The third-order valence-corrected chi connectivity index (χ3v) is 1.44. The van der Waals surface area contributed by atoms with Gasteiger partial charge in [-0.15, -0.1) is 0 Å². The Balaban J connectivity index is 3.71. The van der Waals surface area contributed by atoms with Crippen molar-refractivity contribution in [3.05, 3.63) is 24.5 Å². The Morgan fingerprint density at radius 1 is 1.57 bits per heavy atom. The normalized spacial score (nSPS) is 11.6. The van der Waals surface area contributed by atoms with Crippen molar-refractivity contribution in [3.63, 3.8) is 0 Å². The Morgan fingerprint density at radius 2 is 2.14 bits per heavy atom. The molecular weight excluding hydrogens is 211 g/mol. The zero-order chi connectivity index (χ0) is 11.2. The van der Waals surface area contributed by atoms with E-state index in [1.54, 1.807) is 0 Å². The van der Waals surface area contributed by atoms with Gasteiger partial charge in [-0.2, -0.15) is 0 Å². The minimum absolute atomic E-state index is 0.227. The number of rotatable bonds is 5. The van der Waals surface area contributed by atoms with Crippen LogP contribution < -0.4 is 0 Å². The van der Waals surface area contributed by atoms with Gasteiger partial charge >= 0.3 is 13.8 Å². The highest BCUT2D eigenvalue weighted by atomic mass is 31.2. The summed E-state index contributed by atoms with van der Waals surface area (Å²) in [4.78, 5) is 27.2. The van der Waals surface area contributed by atoms with E-state index >= 15 is 0 Å². The Labute approximate surface area is 81.1 Å². The van der Waals surface area contributed by atoms with Crippen molar-refractivity contribution < 1.29 is 28.4 Å². The van der Waals surface area contributed by atoms with E-state index < -0.39 is 13.8 Å². The molecule has 7 heteroatoms. The smallest absolute Gasteiger partial charge is 0.431 e. The average Bonchev–Trinajstić information content (AvgIpc) is 2.01. The molecule has 0 heterocycles. The molecule has 0 aliphatic rings. The summed E-state index contributed by atoms with van der Waals surface area (Å²) in [5.41, 5.74) is 0.227. The summed E-state index contributed by atoms with van der Waals surface area (Å²) in [6.45, 7) is 4.46. The van der Waals surface area contributed by atoms with E-state index in [0.717, 1.165) is 12.3 Å². The molecule has 0 aromatic carbocycles. The number of carbonyl (C=O) groups is 1. The summed E-state index contributed by atoms with van der Waals surface area (Å²) in [6, 6.07) is 0. The van der Waals surface area contributed by atoms with Crippen LogP contribution in [0.2, 0.25) is 0 Å². The maximum Gasteiger partial charge on any atom is 0.469 e. The zero-order valence-electron chi connectivity index (χ0n) is 7.54. The van der Waals surface area contributed by atoms with Gasteiger partial charge in [-0.1, -0.05) is 6.58 Å². The van der Waals surface area contributed by atoms with Crippen LogP contribution in [0.15, 0.2) is 24.5 Å². The fourth-order valence-corrected chi connectivity index (χ4v) is 0.670. The first-order chi connectivity index (χ1) is 6.33. The quantitative estimate of drug-likeness (QED) is 0.308. The first-order valence-electron chi connectivity index (χ1n) is 3.54. The van der Waals surface area contributed by atoms with Gasteiger partial charge in [0.05, 0.1) is 12.9 Å². The molecule has 0 unspecified atom stereocenters. The van der Waals surface area contributed by atoms with Crippen LogP contribution in [0.4, 0.5) is 0 Å². The lowest BCUT2D eigenvalue weighted by Gasteiger charge is -2.00. The first-order valence-corrected chi connectivity index (χ1v) is 5.07. The lowest BCUT2D eigenvalue weighted by Crippen LogP contribution is -1.99. The molecule has 0 aromatic rings. The molecule has 0 saturated carbocycles. The van der Waals surface area contributed by atoms with Crippen molar-refractivity contribution in [3.8, 4) is 0 Å². The number of esters is 1. The second-order valence-corrected chi connectivity index (χ2v) is 3.58. The van der Waals surface area contributed by atoms with Crippen LogP contribution in [-0.2, 0) is 18.6 Å². The second-order valence-electron chi connectivity index (χ2n) is 2.34. The number of phosphoric ester groups is 1. The highest BCUT2D eigenvalue weighted by Gasteiger charge is 2.11. The van der Waals surface area contributed by atoms with Crippen LogP contribution in [0.5, 0.6) is 0 Å². The fraction of sp³-hybridized carbons (Fsp3) is 0.286. The maximum absolute atomic E-state index is 10.7. The summed E-state index contributed by atoms with van der Waals surface area (Å²) < 4.78 is 18.7. The van der Waals surface area contributed by atoms with Crippen LogP contribution in [0.3, 0.4) is 0 Å².